The molecule has 0 fully saturated rings. The Balaban J connectivity index is 2.64. The van der Waals surface area contributed by atoms with Crippen LogP contribution in [0.2, 0.25) is 0 Å². The van der Waals surface area contributed by atoms with Crippen molar-refractivity contribution < 1.29 is 0 Å². The van der Waals surface area contributed by atoms with E-state index in [1.807, 2.05) is 18.2 Å². The molecule has 3 nitrogen and oxygen atoms in total. The molecule has 66 valence electrons. The normalized spacial score (nSPS) is 10.2. The highest BCUT2D eigenvalue weighted by atomic mass is 79.9. The molecule has 2 rings (SSSR count). The van der Waals surface area contributed by atoms with Gasteiger partial charge in [0.1, 0.15) is 5.82 Å². The van der Waals surface area contributed by atoms with Gasteiger partial charge in [0.05, 0.1) is 5.56 Å². The number of aromatic amines is 1. The molecule has 0 saturated carbocycles. The number of nitrogens with two attached hydrogens (primary N) is 1. The lowest BCUT2D eigenvalue weighted by atomic mass is 10.2. The van der Waals surface area contributed by atoms with Crippen molar-refractivity contribution in [2.75, 3.05) is 5.73 Å². The van der Waals surface area contributed by atoms with Crippen LogP contribution in [0.5, 0.6) is 0 Å². The maximum absolute atomic E-state index is 5.82. The first-order valence-corrected chi connectivity index (χ1v) is 4.62. The SMILES string of the molecule is Nc1cccc(Br)c1-c1ncc[nH]1. The lowest BCUT2D eigenvalue weighted by molar-refractivity contribution is 1.30. The van der Waals surface area contributed by atoms with Crippen molar-refractivity contribution in [3.05, 3.63) is 35.1 Å². The zero-order valence-corrected chi connectivity index (χ0v) is 8.38. The molecular weight excluding hydrogens is 230 g/mol. The van der Waals surface area contributed by atoms with Crippen LogP contribution in [-0.4, -0.2) is 9.97 Å². The van der Waals surface area contributed by atoms with Crippen molar-refractivity contribution in [2.45, 2.75) is 0 Å². The number of nitrogen functional groups attached to an aromatic ring is 1. The largest absolute Gasteiger partial charge is 0.398 e. The smallest absolute Gasteiger partial charge is 0.140 e. The van der Waals surface area contributed by atoms with Crippen LogP contribution in [0.4, 0.5) is 5.69 Å². The number of hydrogen-bond donors (Lipinski definition) is 2. The minimum Gasteiger partial charge on any atom is -0.398 e. The summed E-state index contributed by atoms with van der Waals surface area (Å²) in [5, 5.41) is 0. The second-order valence-corrected chi connectivity index (χ2v) is 3.50. The lowest BCUT2D eigenvalue weighted by Crippen LogP contribution is -1.91. The van der Waals surface area contributed by atoms with Gasteiger partial charge in [-0.1, -0.05) is 6.07 Å². The summed E-state index contributed by atoms with van der Waals surface area (Å²) in [7, 11) is 0. The fraction of sp³-hybridized carbons (Fsp3) is 0. The van der Waals surface area contributed by atoms with E-state index in [0.29, 0.717) is 5.69 Å². The number of halogens is 1. The fourth-order valence-corrected chi connectivity index (χ4v) is 1.76. The third-order valence-corrected chi connectivity index (χ3v) is 2.44. The summed E-state index contributed by atoms with van der Waals surface area (Å²) < 4.78 is 0.947. The van der Waals surface area contributed by atoms with Crippen LogP contribution in [0.3, 0.4) is 0 Å². The molecule has 0 atom stereocenters. The maximum atomic E-state index is 5.82. The Hall–Kier alpha value is -1.29. The van der Waals surface area contributed by atoms with Crippen LogP contribution >= 0.6 is 15.9 Å². The molecule has 0 spiro atoms. The van der Waals surface area contributed by atoms with Gasteiger partial charge >= 0.3 is 0 Å². The third-order valence-electron chi connectivity index (χ3n) is 1.78. The predicted molar refractivity (Wildman–Crippen MR) is 56.1 cm³/mol. The van der Waals surface area contributed by atoms with E-state index in [2.05, 4.69) is 25.9 Å². The average molecular weight is 238 g/mol. The van der Waals surface area contributed by atoms with Crippen molar-refractivity contribution in [2.24, 2.45) is 0 Å². The Kier molecular flexibility index (Phi) is 2.06. The highest BCUT2D eigenvalue weighted by molar-refractivity contribution is 9.10. The van der Waals surface area contributed by atoms with E-state index in [4.69, 9.17) is 5.73 Å². The summed E-state index contributed by atoms with van der Waals surface area (Å²) in [5.41, 5.74) is 7.44. The second kappa shape index (κ2) is 3.22. The van der Waals surface area contributed by atoms with Crippen molar-refractivity contribution in [3.8, 4) is 11.4 Å². The molecule has 0 aliphatic heterocycles. The van der Waals surface area contributed by atoms with E-state index in [1.165, 1.54) is 0 Å². The molecule has 4 heteroatoms. The number of nitrogens with zero attached hydrogens (tertiary/aromatic N) is 1. The van der Waals surface area contributed by atoms with Gasteiger partial charge in [-0.05, 0) is 28.1 Å². The number of imidazole rings is 1. The molecule has 1 aromatic heterocycles. The van der Waals surface area contributed by atoms with Crippen molar-refractivity contribution in [1.82, 2.24) is 9.97 Å². The lowest BCUT2D eigenvalue weighted by Gasteiger charge is -2.04. The number of hydrogen-bond acceptors (Lipinski definition) is 2. The van der Waals surface area contributed by atoms with E-state index >= 15 is 0 Å². The summed E-state index contributed by atoms with van der Waals surface area (Å²) in [6.45, 7) is 0. The highest BCUT2D eigenvalue weighted by Crippen LogP contribution is 2.30. The van der Waals surface area contributed by atoms with E-state index < -0.39 is 0 Å². The molecule has 1 heterocycles. The van der Waals surface area contributed by atoms with Crippen LogP contribution in [0, 0.1) is 0 Å². The number of H-pyrrole nitrogens is 1. The molecule has 0 aliphatic carbocycles. The van der Waals surface area contributed by atoms with Crippen LogP contribution in [0.15, 0.2) is 35.1 Å². The molecule has 13 heavy (non-hydrogen) atoms. The van der Waals surface area contributed by atoms with Gasteiger partial charge < -0.3 is 10.7 Å². The molecule has 0 saturated heterocycles. The van der Waals surface area contributed by atoms with Crippen molar-refractivity contribution in [3.63, 3.8) is 0 Å². The van der Waals surface area contributed by atoms with E-state index in [1.54, 1.807) is 12.4 Å². The number of benzene rings is 1. The minimum absolute atomic E-state index is 0.712. The molecular formula is C9H8BrN3. The first-order valence-electron chi connectivity index (χ1n) is 3.83. The molecule has 0 radical (unpaired) electrons. The van der Waals surface area contributed by atoms with Gasteiger partial charge in [-0.25, -0.2) is 4.98 Å². The first kappa shape index (κ1) is 8.31. The van der Waals surface area contributed by atoms with Crippen LogP contribution in [-0.2, 0) is 0 Å². The van der Waals surface area contributed by atoms with Gasteiger partial charge in [0, 0.05) is 22.6 Å². The standard InChI is InChI=1S/C9H8BrN3/c10-6-2-1-3-7(11)8(6)9-12-4-5-13-9/h1-5H,11H2,(H,12,13). The van der Waals surface area contributed by atoms with Gasteiger partial charge in [-0.15, -0.1) is 0 Å². The number of rotatable bonds is 1. The van der Waals surface area contributed by atoms with Crippen LogP contribution in [0.25, 0.3) is 11.4 Å². The Morgan fingerprint density at radius 1 is 1.38 bits per heavy atom. The first-order chi connectivity index (χ1) is 6.29. The molecule has 2 aromatic rings. The van der Waals surface area contributed by atoms with Gasteiger partial charge in [-0.2, -0.15) is 0 Å². The van der Waals surface area contributed by atoms with Gasteiger partial charge in [0.15, 0.2) is 0 Å². The van der Waals surface area contributed by atoms with Gasteiger partial charge in [0.25, 0.3) is 0 Å². The Labute approximate surface area is 84.1 Å². The molecule has 0 unspecified atom stereocenters. The zero-order chi connectivity index (χ0) is 9.26. The second-order valence-electron chi connectivity index (χ2n) is 2.64. The molecule has 0 bridgehead atoms. The third kappa shape index (κ3) is 1.45. The Morgan fingerprint density at radius 3 is 2.85 bits per heavy atom. The van der Waals surface area contributed by atoms with E-state index in [9.17, 15) is 0 Å². The average Bonchev–Trinajstić information content (AvgIpc) is 2.57. The minimum atomic E-state index is 0.712. The summed E-state index contributed by atoms with van der Waals surface area (Å²) in [5.74, 6) is 0.782. The topological polar surface area (TPSA) is 54.7 Å². The quantitative estimate of drug-likeness (QED) is 0.749. The highest BCUT2D eigenvalue weighted by Gasteiger charge is 2.07. The Bertz CT molecular complexity index is 389. The molecule has 0 aliphatic rings. The van der Waals surface area contributed by atoms with Crippen LogP contribution in [0.1, 0.15) is 0 Å². The van der Waals surface area contributed by atoms with Crippen LogP contribution < -0.4 is 5.73 Å². The Morgan fingerprint density at radius 2 is 2.23 bits per heavy atom. The molecule has 1 aromatic carbocycles. The predicted octanol–water partition coefficient (Wildman–Crippen LogP) is 2.42. The van der Waals surface area contributed by atoms with E-state index in [-0.39, 0.29) is 0 Å². The summed E-state index contributed by atoms with van der Waals surface area (Å²) in [6.07, 6.45) is 3.47. The van der Waals surface area contributed by atoms with Gasteiger partial charge in [0.2, 0.25) is 0 Å². The number of nitrogens with one attached hydrogen (secondary N) is 1. The summed E-state index contributed by atoms with van der Waals surface area (Å²) >= 11 is 3.43. The number of aromatic nitrogens is 2. The van der Waals surface area contributed by atoms with Crippen molar-refractivity contribution in [1.29, 1.82) is 0 Å². The zero-order valence-electron chi connectivity index (χ0n) is 6.79. The summed E-state index contributed by atoms with van der Waals surface area (Å²) in [4.78, 5) is 7.16. The number of anilines is 1. The monoisotopic (exact) mass is 237 g/mol. The molecule has 3 N–H and O–H groups in total. The van der Waals surface area contributed by atoms with Gasteiger partial charge in [-0.3, -0.25) is 0 Å². The van der Waals surface area contributed by atoms with E-state index in [0.717, 1.165) is 15.9 Å². The summed E-state index contributed by atoms with van der Waals surface area (Å²) in [6, 6.07) is 5.68. The molecule has 0 amide bonds. The van der Waals surface area contributed by atoms with Crippen molar-refractivity contribution >= 4 is 21.6 Å². The fourth-order valence-electron chi connectivity index (χ4n) is 1.19. The maximum Gasteiger partial charge on any atom is 0.140 e.